The number of fused-ring (bicyclic) bond motifs is 3. The van der Waals surface area contributed by atoms with Gasteiger partial charge in [0.1, 0.15) is 24.3 Å². The van der Waals surface area contributed by atoms with Crippen molar-refractivity contribution in [3.8, 4) is 0 Å². The monoisotopic (exact) mass is 328 g/mol. The fourth-order valence-electron chi connectivity index (χ4n) is 4.44. The first-order valence-corrected chi connectivity index (χ1v) is 8.41. The van der Waals surface area contributed by atoms with Gasteiger partial charge in [-0.25, -0.2) is 15.0 Å². The molecule has 1 N–H and O–H groups in total. The van der Waals surface area contributed by atoms with E-state index in [0.717, 1.165) is 37.0 Å². The van der Waals surface area contributed by atoms with E-state index >= 15 is 0 Å². The molecule has 0 radical (unpaired) electrons. The second-order valence-electron chi connectivity index (χ2n) is 7.24. The van der Waals surface area contributed by atoms with E-state index in [-0.39, 0.29) is 4.65 Å². The van der Waals surface area contributed by atoms with E-state index in [1.807, 2.05) is 23.9 Å². The van der Waals surface area contributed by atoms with E-state index in [4.69, 9.17) is 4.74 Å². The number of aromatic nitrogens is 3. The summed E-state index contributed by atoms with van der Waals surface area (Å²) in [6.45, 7) is 2.51. The first kappa shape index (κ1) is 14.2. The Morgan fingerprint density at radius 2 is 2.21 bits per heavy atom. The molecular weight excluding hydrogens is 308 g/mol. The van der Waals surface area contributed by atoms with E-state index in [1.165, 1.54) is 6.33 Å². The van der Waals surface area contributed by atoms with Gasteiger partial charge in [-0.3, -0.25) is 5.32 Å². The Balaban J connectivity index is 1.40. The van der Waals surface area contributed by atoms with Crippen molar-refractivity contribution in [2.75, 3.05) is 31.5 Å². The lowest BCUT2D eigenvalue weighted by molar-refractivity contribution is -0.905. The number of hydroxylamine groups is 3. The largest absolute Gasteiger partial charge is 0.633 e. The third-order valence-electron chi connectivity index (χ3n) is 5.75. The van der Waals surface area contributed by atoms with Crippen LogP contribution in [-0.2, 0) is 11.8 Å². The number of hydrogen-bond acceptors (Lipinski definition) is 6. The Labute approximate surface area is 139 Å². The van der Waals surface area contributed by atoms with Crippen LogP contribution >= 0.6 is 0 Å². The number of quaternary nitrogens is 1. The van der Waals surface area contributed by atoms with Crippen molar-refractivity contribution < 1.29 is 9.38 Å². The zero-order valence-electron chi connectivity index (χ0n) is 13.6. The van der Waals surface area contributed by atoms with Crippen molar-refractivity contribution in [1.82, 2.24) is 14.5 Å². The maximum Gasteiger partial charge on any atom is 0.291 e. The average molecular weight is 328 g/mol. The van der Waals surface area contributed by atoms with Crippen LogP contribution in [-0.4, -0.2) is 57.0 Å². The Hall–Kier alpha value is -2.19. The summed E-state index contributed by atoms with van der Waals surface area (Å²) in [5, 5.41) is 16.8. The van der Waals surface area contributed by atoms with Crippen molar-refractivity contribution in [1.29, 1.82) is 0 Å². The molecule has 8 nitrogen and oxygen atoms in total. The Kier molecular flexibility index (Phi) is 2.76. The number of aryl methyl sites for hydroxylation is 1. The van der Waals surface area contributed by atoms with Gasteiger partial charge in [0.15, 0.2) is 5.60 Å². The van der Waals surface area contributed by atoms with Gasteiger partial charge in [-0.2, -0.15) is 0 Å². The molecule has 24 heavy (non-hydrogen) atoms. The zero-order chi connectivity index (χ0) is 16.4. The lowest BCUT2D eigenvalue weighted by Gasteiger charge is -2.58. The highest BCUT2D eigenvalue weighted by Crippen LogP contribution is 2.44. The predicted molar refractivity (Wildman–Crippen MR) is 89.2 cm³/mol. The van der Waals surface area contributed by atoms with Crippen LogP contribution in [0.1, 0.15) is 12.8 Å². The van der Waals surface area contributed by atoms with Crippen LogP contribution in [0.3, 0.4) is 0 Å². The highest BCUT2D eigenvalue weighted by molar-refractivity contribution is 5.98. The topological polar surface area (TPSA) is 87.4 Å². The number of aliphatic imine (C=N–C) groups is 1. The minimum atomic E-state index is -0.427. The molecule has 8 heteroatoms. The zero-order valence-corrected chi connectivity index (χ0v) is 13.6. The molecule has 0 saturated carbocycles. The molecule has 0 aliphatic carbocycles. The quantitative estimate of drug-likeness (QED) is 0.629. The Morgan fingerprint density at radius 3 is 3.00 bits per heavy atom. The average Bonchev–Trinajstić information content (AvgIpc) is 3.13. The lowest BCUT2D eigenvalue weighted by atomic mass is 9.75. The third-order valence-corrected chi connectivity index (χ3v) is 5.75. The third kappa shape index (κ3) is 1.96. The van der Waals surface area contributed by atoms with E-state index in [9.17, 15) is 5.21 Å². The number of amidine groups is 1. The maximum absolute atomic E-state index is 12.7. The van der Waals surface area contributed by atoms with Gasteiger partial charge in [0, 0.05) is 32.0 Å². The van der Waals surface area contributed by atoms with Gasteiger partial charge in [0.05, 0.1) is 25.0 Å². The molecule has 1 spiro atoms. The van der Waals surface area contributed by atoms with Gasteiger partial charge >= 0.3 is 0 Å². The first-order valence-electron chi connectivity index (χ1n) is 8.41. The molecule has 0 aromatic carbocycles. The molecule has 126 valence electrons. The SMILES string of the molecule is Cn1ccc2c(NC3=NC[C@@]4(C[N+]5([O-])CCC4CC5)O3)ncnc21. The van der Waals surface area contributed by atoms with Crippen molar-refractivity contribution in [3.63, 3.8) is 0 Å². The van der Waals surface area contributed by atoms with E-state index in [1.54, 1.807) is 0 Å². The first-order chi connectivity index (χ1) is 11.6. The molecule has 2 bridgehead atoms. The Bertz CT molecular complexity index is 838. The summed E-state index contributed by atoms with van der Waals surface area (Å²) < 4.78 is 8.02. The molecule has 6 rings (SSSR count). The number of rotatable bonds is 1. The molecule has 4 aliphatic rings. The van der Waals surface area contributed by atoms with Gasteiger partial charge < -0.3 is 19.2 Å². The summed E-state index contributed by atoms with van der Waals surface area (Å²) >= 11 is 0. The lowest BCUT2D eigenvalue weighted by Crippen LogP contribution is -2.67. The standard InChI is InChI=1S/C16H20N6O2/c1-21-5-2-12-13(18-10-19-14(12)21)20-15-17-8-16(24-15)9-22(23)6-3-11(16)4-7-22/h2,5,10-11H,3-4,6-9H2,1H3,(H,17,18,19,20)/t11?,16-,22?/m0/s1. The number of piperidine rings is 3. The molecule has 4 aliphatic heterocycles. The number of ether oxygens (including phenoxy) is 1. The van der Waals surface area contributed by atoms with Gasteiger partial charge in [0.2, 0.25) is 0 Å². The van der Waals surface area contributed by atoms with Crippen LogP contribution in [0.15, 0.2) is 23.6 Å². The van der Waals surface area contributed by atoms with Gasteiger partial charge in [-0.15, -0.1) is 0 Å². The van der Waals surface area contributed by atoms with Gasteiger partial charge in [0.25, 0.3) is 6.02 Å². The second kappa shape index (κ2) is 4.67. The van der Waals surface area contributed by atoms with Crippen molar-refractivity contribution in [2.24, 2.45) is 18.0 Å². The Morgan fingerprint density at radius 1 is 1.38 bits per heavy atom. The van der Waals surface area contributed by atoms with Crippen molar-refractivity contribution in [2.45, 2.75) is 18.4 Å². The smallest absolute Gasteiger partial charge is 0.291 e. The molecule has 6 heterocycles. The van der Waals surface area contributed by atoms with Crippen LogP contribution in [0.5, 0.6) is 0 Å². The van der Waals surface area contributed by atoms with E-state index < -0.39 is 5.60 Å². The maximum atomic E-state index is 12.7. The van der Waals surface area contributed by atoms with E-state index in [2.05, 4.69) is 20.3 Å². The normalized spacial score (nSPS) is 34.6. The van der Waals surface area contributed by atoms with Crippen LogP contribution in [0, 0.1) is 11.1 Å². The van der Waals surface area contributed by atoms with Crippen LogP contribution in [0.2, 0.25) is 0 Å². The molecule has 0 amide bonds. The van der Waals surface area contributed by atoms with Crippen molar-refractivity contribution in [3.05, 3.63) is 23.8 Å². The van der Waals surface area contributed by atoms with Crippen molar-refractivity contribution >= 4 is 22.9 Å². The van der Waals surface area contributed by atoms with Crippen LogP contribution in [0.4, 0.5) is 5.82 Å². The van der Waals surface area contributed by atoms with Crippen LogP contribution < -0.4 is 5.32 Å². The molecule has 3 fully saturated rings. The number of anilines is 1. The highest BCUT2D eigenvalue weighted by atomic mass is 16.6. The molecular formula is C16H20N6O2. The summed E-state index contributed by atoms with van der Waals surface area (Å²) in [7, 11) is 1.95. The minimum Gasteiger partial charge on any atom is -0.633 e. The molecule has 3 saturated heterocycles. The molecule has 0 unspecified atom stereocenters. The fourth-order valence-corrected chi connectivity index (χ4v) is 4.44. The summed E-state index contributed by atoms with van der Waals surface area (Å²) in [5.74, 6) is 1.11. The molecule has 2 aromatic rings. The summed E-state index contributed by atoms with van der Waals surface area (Å²) in [5.41, 5.74) is 0.427. The minimum absolute atomic E-state index is 0.129. The van der Waals surface area contributed by atoms with Gasteiger partial charge in [-0.05, 0) is 6.07 Å². The predicted octanol–water partition coefficient (Wildman–Crippen LogP) is 1.24. The summed E-state index contributed by atoms with van der Waals surface area (Å²) in [6.07, 6.45) is 5.34. The fraction of sp³-hybridized carbons (Fsp3) is 0.562. The number of hydrogen-bond donors (Lipinski definition) is 1. The molecule has 2 aromatic heterocycles. The second-order valence-corrected chi connectivity index (χ2v) is 7.24. The van der Waals surface area contributed by atoms with E-state index in [0.29, 0.717) is 30.8 Å². The molecule has 1 atom stereocenters. The summed E-state index contributed by atoms with van der Waals surface area (Å²) in [4.78, 5) is 13.1. The van der Waals surface area contributed by atoms with Gasteiger partial charge in [-0.1, -0.05) is 0 Å². The number of nitrogens with one attached hydrogen (secondary N) is 1. The van der Waals surface area contributed by atoms with Crippen LogP contribution in [0.25, 0.3) is 11.0 Å². The highest BCUT2D eigenvalue weighted by Gasteiger charge is 2.56. The number of nitrogens with zero attached hydrogens (tertiary/aromatic N) is 5. The summed E-state index contributed by atoms with van der Waals surface area (Å²) in [6, 6.07) is 2.44.